The fourth-order valence-corrected chi connectivity index (χ4v) is 3.87. The molecule has 0 bridgehead atoms. The number of aryl methyl sites for hydroxylation is 3. The molecule has 0 aliphatic heterocycles. The van der Waals surface area contributed by atoms with Crippen molar-refractivity contribution in [2.45, 2.75) is 25.7 Å². The molecule has 35 heavy (non-hydrogen) atoms. The molecule has 0 fully saturated rings. The van der Waals surface area contributed by atoms with Crippen molar-refractivity contribution in [1.82, 2.24) is 0 Å². The standard InChI is InChI=1S/C25H24O3S.2CHNO/c1-18-4-12-23(20(3)16-18)14-10-21-6-8-22(9-7-21)11-15-24-13-5-19(2)17-25(24)29(26,27)28;2*2-1-3/h4-17H,1-3H3,(H,26,27,28);2*2H/b14-10+,15-11+;;. The molecular formula is C27H26N2O5S. The summed E-state index contributed by atoms with van der Waals surface area (Å²) in [4.78, 5) is 16.6. The van der Waals surface area contributed by atoms with Crippen molar-refractivity contribution in [1.29, 1.82) is 10.8 Å². The van der Waals surface area contributed by atoms with Gasteiger partial charge in [-0.05, 0) is 60.2 Å². The molecule has 0 saturated heterocycles. The minimum atomic E-state index is -4.27. The third kappa shape index (κ3) is 10.1. The van der Waals surface area contributed by atoms with Gasteiger partial charge in [0.25, 0.3) is 10.1 Å². The Hall–Kier alpha value is -4.19. The number of nitrogens with one attached hydrogen (secondary N) is 2. The zero-order valence-corrected chi connectivity index (χ0v) is 20.4. The highest BCUT2D eigenvalue weighted by Gasteiger charge is 2.13. The van der Waals surface area contributed by atoms with Crippen molar-refractivity contribution in [2.75, 3.05) is 0 Å². The Bertz CT molecular complexity index is 1370. The van der Waals surface area contributed by atoms with Crippen LogP contribution >= 0.6 is 0 Å². The largest absolute Gasteiger partial charge is 0.295 e. The smallest absolute Gasteiger partial charge is 0.282 e. The number of rotatable bonds is 5. The monoisotopic (exact) mass is 490 g/mol. The molecule has 0 saturated carbocycles. The quantitative estimate of drug-likeness (QED) is 0.174. The van der Waals surface area contributed by atoms with E-state index in [1.165, 1.54) is 22.8 Å². The molecule has 0 radical (unpaired) electrons. The van der Waals surface area contributed by atoms with Crippen LogP contribution in [0.15, 0.2) is 65.6 Å². The van der Waals surface area contributed by atoms with E-state index in [4.69, 9.17) is 20.4 Å². The molecule has 0 amide bonds. The second-order valence-electron chi connectivity index (χ2n) is 7.41. The minimum Gasteiger partial charge on any atom is -0.282 e. The van der Waals surface area contributed by atoms with Gasteiger partial charge in [-0.1, -0.05) is 84.5 Å². The average Bonchev–Trinajstić information content (AvgIpc) is 2.79. The van der Waals surface area contributed by atoms with Crippen molar-refractivity contribution in [3.8, 4) is 0 Å². The first-order valence-electron chi connectivity index (χ1n) is 10.2. The molecule has 0 atom stereocenters. The normalized spacial score (nSPS) is 10.5. The van der Waals surface area contributed by atoms with Crippen LogP contribution in [0.5, 0.6) is 0 Å². The van der Waals surface area contributed by atoms with Crippen LogP contribution in [0.1, 0.15) is 38.9 Å². The Balaban J connectivity index is 0.000000926. The van der Waals surface area contributed by atoms with Crippen LogP contribution in [0.2, 0.25) is 0 Å². The van der Waals surface area contributed by atoms with Crippen LogP contribution in [0.4, 0.5) is 0 Å². The van der Waals surface area contributed by atoms with Crippen molar-refractivity contribution >= 4 is 46.6 Å². The van der Waals surface area contributed by atoms with E-state index in [9.17, 15) is 13.0 Å². The first-order valence-corrected chi connectivity index (χ1v) is 11.7. The topological polar surface area (TPSA) is 136 Å². The molecule has 0 unspecified atom stereocenters. The van der Waals surface area contributed by atoms with E-state index in [1.54, 1.807) is 19.1 Å². The highest BCUT2D eigenvalue weighted by Crippen LogP contribution is 2.21. The summed E-state index contributed by atoms with van der Waals surface area (Å²) in [5.41, 5.74) is 6.94. The first-order chi connectivity index (χ1) is 16.5. The van der Waals surface area contributed by atoms with Crippen LogP contribution in [-0.2, 0) is 19.7 Å². The van der Waals surface area contributed by atoms with Crippen molar-refractivity contribution < 1.29 is 22.6 Å². The van der Waals surface area contributed by atoms with Gasteiger partial charge >= 0.3 is 0 Å². The maximum absolute atomic E-state index is 11.6. The summed E-state index contributed by atoms with van der Waals surface area (Å²) in [5, 5.41) is 10.8. The molecule has 3 rings (SSSR count). The Morgan fingerprint density at radius 3 is 1.51 bits per heavy atom. The van der Waals surface area contributed by atoms with Crippen molar-refractivity contribution in [3.63, 3.8) is 0 Å². The fraction of sp³-hybridized carbons (Fsp3) is 0.111. The van der Waals surface area contributed by atoms with Gasteiger partial charge in [0, 0.05) is 0 Å². The van der Waals surface area contributed by atoms with E-state index >= 15 is 0 Å². The van der Waals surface area contributed by atoms with Gasteiger partial charge in [0.2, 0.25) is 12.2 Å². The van der Waals surface area contributed by atoms with Gasteiger partial charge in [-0.25, -0.2) is 20.4 Å². The highest BCUT2D eigenvalue weighted by molar-refractivity contribution is 7.86. The van der Waals surface area contributed by atoms with Gasteiger partial charge in [-0.15, -0.1) is 0 Å². The Kier molecular flexibility index (Phi) is 11.7. The van der Waals surface area contributed by atoms with Gasteiger partial charge in [0.15, 0.2) is 0 Å². The van der Waals surface area contributed by atoms with Crippen molar-refractivity contribution in [3.05, 3.63) is 99.6 Å². The average molecular weight is 491 g/mol. The van der Waals surface area contributed by atoms with Gasteiger partial charge in [-0.3, -0.25) is 4.55 Å². The summed E-state index contributed by atoms with van der Waals surface area (Å²) in [5.74, 6) is 0. The van der Waals surface area contributed by atoms with Gasteiger partial charge in [-0.2, -0.15) is 8.42 Å². The molecule has 3 aromatic rings. The van der Waals surface area contributed by atoms with Gasteiger partial charge < -0.3 is 0 Å². The van der Waals surface area contributed by atoms with Crippen LogP contribution < -0.4 is 0 Å². The van der Waals surface area contributed by atoms with Crippen LogP contribution in [0.25, 0.3) is 24.3 Å². The van der Waals surface area contributed by atoms with Crippen molar-refractivity contribution in [2.24, 2.45) is 0 Å². The SMILES string of the molecule is Cc1ccc(/C=C/c2ccc(/C=C/c3ccc(C)cc3S(=O)(=O)O)cc2)c(C)c1.N=C=O.N=C=O. The van der Waals surface area contributed by atoms with Gasteiger partial charge in [0.1, 0.15) is 4.90 Å². The molecule has 3 aromatic carbocycles. The highest BCUT2D eigenvalue weighted by atomic mass is 32.2. The number of isocyanates is 2. The third-order valence-corrected chi connectivity index (χ3v) is 5.63. The molecule has 0 aliphatic rings. The Morgan fingerprint density at radius 2 is 1.09 bits per heavy atom. The second-order valence-corrected chi connectivity index (χ2v) is 8.80. The maximum Gasteiger partial charge on any atom is 0.295 e. The lowest BCUT2D eigenvalue weighted by molar-refractivity contribution is 0.483. The lowest BCUT2D eigenvalue weighted by Gasteiger charge is -2.04. The number of benzene rings is 3. The second kappa shape index (κ2) is 14.2. The van der Waals surface area contributed by atoms with Crippen LogP contribution in [-0.4, -0.2) is 25.1 Å². The molecule has 0 spiro atoms. The van der Waals surface area contributed by atoms with E-state index in [0.717, 1.165) is 28.9 Å². The predicted molar refractivity (Wildman–Crippen MR) is 138 cm³/mol. The number of hydrogen-bond acceptors (Lipinski definition) is 6. The molecule has 3 N–H and O–H groups in total. The summed E-state index contributed by atoms with van der Waals surface area (Å²) in [7, 11) is -4.27. The first kappa shape index (κ1) is 28.8. The summed E-state index contributed by atoms with van der Waals surface area (Å²) in [6.45, 7) is 5.97. The molecule has 7 nitrogen and oxygen atoms in total. The van der Waals surface area contributed by atoms with Crippen LogP contribution in [0, 0.1) is 31.6 Å². The van der Waals surface area contributed by atoms with E-state index in [0.29, 0.717) is 5.56 Å². The number of hydrogen-bond donors (Lipinski definition) is 3. The zero-order valence-electron chi connectivity index (χ0n) is 19.6. The summed E-state index contributed by atoms with van der Waals surface area (Å²) < 4.78 is 32.7. The third-order valence-electron chi connectivity index (χ3n) is 4.72. The molecule has 180 valence electrons. The lowest BCUT2D eigenvalue weighted by atomic mass is 10.0. The summed E-state index contributed by atoms with van der Waals surface area (Å²) in [6.07, 6.45) is 9.20. The van der Waals surface area contributed by atoms with E-state index < -0.39 is 10.1 Å². The molecular weight excluding hydrogens is 464 g/mol. The predicted octanol–water partition coefficient (Wildman–Crippen LogP) is 6.00. The van der Waals surface area contributed by atoms with Gasteiger partial charge in [0.05, 0.1) is 0 Å². The van der Waals surface area contributed by atoms with E-state index in [-0.39, 0.29) is 4.90 Å². The maximum atomic E-state index is 11.6. The van der Waals surface area contributed by atoms with E-state index in [1.807, 2.05) is 36.4 Å². The summed E-state index contributed by atoms with van der Waals surface area (Å²) >= 11 is 0. The molecule has 0 aliphatic carbocycles. The zero-order chi connectivity index (χ0) is 26.4. The summed E-state index contributed by atoms with van der Waals surface area (Å²) in [6, 6.07) is 19.3. The fourth-order valence-electron chi connectivity index (χ4n) is 3.11. The molecule has 0 heterocycles. The molecule has 0 aromatic heterocycles. The number of carbonyl (C=O) groups excluding carboxylic acids is 2. The lowest BCUT2D eigenvalue weighted by Crippen LogP contribution is -2.01. The Morgan fingerprint density at radius 1 is 0.686 bits per heavy atom. The minimum absolute atomic E-state index is 0.0817. The Labute approximate surface area is 205 Å². The molecule has 8 heteroatoms. The van der Waals surface area contributed by atoms with E-state index in [2.05, 4.69) is 44.2 Å². The van der Waals surface area contributed by atoms with Crippen LogP contribution in [0.3, 0.4) is 0 Å².